The Morgan fingerprint density at radius 2 is 0.521 bits per heavy atom. The van der Waals surface area contributed by atoms with Gasteiger partial charge in [-0.3, -0.25) is 24.0 Å². The monoisotopic (exact) mass is 1040 g/mol. The molecule has 0 spiro atoms. The zero-order valence-electron chi connectivity index (χ0n) is 47.7. The topological polar surface area (TPSA) is 178 Å². The average Bonchev–Trinajstić information content (AvgIpc) is 3.35. The Morgan fingerprint density at radius 3 is 0.753 bits per heavy atom. The molecule has 0 atom stereocenters. The minimum Gasteiger partial charge on any atom is -0.466 e. The lowest BCUT2D eigenvalue weighted by atomic mass is 9.92. The van der Waals surface area contributed by atoms with Crippen molar-refractivity contribution in [1.29, 1.82) is 0 Å². The maximum atomic E-state index is 13.4. The molecule has 0 radical (unpaired) electrons. The van der Waals surface area contributed by atoms with Crippen LogP contribution in [0, 0.1) is 17.8 Å². The highest BCUT2D eigenvalue weighted by Crippen LogP contribution is 2.25. The molecule has 0 aliphatic carbocycles. The molecule has 428 valence electrons. The fourth-order valence-corrected chi connectivity index (χ4v) is 9.19. The summed E-state index contributed by atoms with van der Waals surface area (Å²) >= 11 is 0. The van der Waals surface area contributed by atoms with Gasteiger partial charge < -0.3 is 33.5 Å². The summed E-state index contributed by atoms with van der Waals surface area (Å²) in [7, 11) is 0. The van der Waals surface area contributed by atoms with E-state index in [1.165, 1.54) is 25.7 Å². The van der Waals surface area contributed by atoms with Gasteiger partial charge in [0, 0.05) is 19.3 Å². The summed E-state index contributed by atoms with van der Waals surface area (Å²) in [6.45, 7) is 13.9. The fourth-order valence-electron chi connectivity index (χ4n) is 9.19. The highest BCUT2D eigenvalue weighted by molar-refractivity contribution is 5.90. The first-order chi connectivity index (χ1) is 35.4. The molecule has 13 heteroatoms. The lowest BCUT2D eigenvalue weighted by Crippen LogP contribution is -2.45. The summed E-state index contributed by atoms with van der Waals surface area (Å²) in [4.78, 5) is 77.2. The number of ether oxygens (including phenoxy) is 6. The third-order valence-corrected chi connectivity index (χ3v) is 13.8. The molecule has 0 amide bonds. The summed E-state index contributed by atoms with van der Waals surface area (Å²) in [5.41, 5.74) is -2.51. The number of esters is 6. The van der Waals surface area contributed by atoms with Gasteiger partial charge in [-0.2, -0.15) is 0 Å². The minimum atomic E-state index is -2.51. The number of aliphatic hydroxyl groups is 1. The largest absolute Gasteiger partial charge is 0.466 e. The average molecular weight is 1040 g/mol. The molecule has 0 unspecified atom stereocenters. The van der Waals surface area contributed by atoms with E-state index in [0.29, 0.717) is 94.8 Å². The van der Waals surface area contributed by atoms with E-state index in [0.717, 1.165) is 128 Å². The molecule has 73 heavy (non-hydrogen) atoms. The zero-order valence-corrected chi connectivity index (χ0v) is 47.7. The number of carbonyl (C=O) groups excluding carboxylic acids is 6. The highest BCUT2D eigenvalue weighted by atomic mass is 16.6. The van der Waals surface area contributed by atoms with Crippen LogP contribution in [-0.2, 0) is 57.2 Å². The molecule has 0 saturated heterocycles. The van der Waals surface area contributed by atoms with Crippen molar-refractivity contribution in [3.05, 3.63) is 0 Å². The van der Waals surface area contributed by atoms with Gasteiger partial charge in [0.25, 0.3) is 0 Å². The van der Waals surface area contributed by atoms with Crippen LogP contribution in [0.15, 0.2) is 0 Å². The number of hydrogen-bond donors (Lipinski definition) is 1. The van der Waals surface area contributed by atoms with Crippen LogP contribution >= 0.6 is 0 Å². The Kier molecular flexibility index (Phi) is 47.5. The van der Waals surface area contributed by atoms with E-state index < -0.39 is 36.4 Å². The van der Waals surface area contributed by atoms with Gasteiger partial charge in [0.15, 0.2) is 5.60 Å². The molecule has 0 aromatic heterocycles. The van der Waals surface area contributed by atoms with Crippen molar-refractivity contribution in [2.24, 2.45) is 17.8 Å². The molecule has 13 nitrogen and oxygen atoms in total. The quantitative estimate of drug-likeness (QED) is 0.0346. The normalized spacial score (nSPS) is 11.6. The van der Waals surface area contributed by atoms with E-state index in [1.54, 1.807) is 0 Å². The highest BCUT2D eigenvalue weighted by Gasteiger charge is 2.43. The van der Waals surface area contributed by atoms with Crippen LogP contribution in [0.5, 0.6) is 0 Å². The summed E-state index contributed by atoms with van der Waals surface area (Å²) < 4.78 is 32.8. The van der Waals surface area contributed by atoms with Gasteiger partial charge in [0.2, 0.25) is 0 Å². The Bertz CT molecular complexity index is 1270. The number of unbranched alkanes of at least 4 members (excludes halogenated alkanes) is 18. The van der Waals surface area contributed by atoms with Gasteiger partial charge in [0.1, 0.15) is 0 Å². The molecule has 0 aromatic carbocycles. The van der Waals surface area contributed by atoms with Crippen LogP contribution in [-0.4, -0.2) is 86.2 Å². The van der Waals surface area contributed by atoms with E-state index in [4.69, 9.17) is 28.4 Å². The molecule has 0 aliphatic rings. The fraction of sp³-hybridized carbons (Fsp3) is 0.900. The van der Waals surface area contributed by atoms with Crippen LogP contribution in [0.1, 0.15) is 286 Å². The lowest BCUT2D eigenvalue weighted by molar-refractivity contribution is -0.178. The Hall–Kier alpha value is -3.22. The maximum absolute atomic E-state index is 13.4. The van der Waals surface area contributed by atoms with Gasteiger partial charge in [-0.05, 0) is 114 Å². The molecule has 1 N–H and O–H groups in total. The maximum Gasteiger partial charge on any atom is 0.339 e. The predicted molar refractivity (Wildman–Crippen MR) is 291 cm³/mol. The Morgan fingerprint density at radius 1 is 0.301 bits per heavy atom. The standard InChI is InChI=1S/C60H110O13/c1-7-13-22-34-51(35-23-14-8-2)46-54(61)68-40-28-19-31-43-71-57(64)49-60(67,59(66)73-45-33-21-30-42-70-56(63)48-53(38-26-17-11-5)39-27-18-12-6)50-58(65)72-44-32-20-29-41-69-55(62)47-52(36-24-15-9-3)37-25-16-10-4/h51-53,67H,7-50H2,1-6H3. The van der Waals surface area contributed by atoms with Crippen molar-refractivity contribution in [3.8, 4) is 0 Å². The summed E-state index contributed by atoms with van der Waals surface area (Å²) in [6.07, 6.45) is 31.7. The van der Waals surface area contributed by atoms with Crippen molar-refractivity contribution in [3.63, 3.8) is 0 Å². The predicted octanol–water partition coefficient (Wildman–Crippen LogP) is 14.8. The first kappa shape index (κ1) is 69.8. The third kappa shape index (κ3) is 42.7. The molecule has 0 bridgehead atoms. The van der Waals surface area contributed by atoms with Gasteiger partial charge in [-0.15, -0.1) is 0 Å². The van der Waals surface area contributed by atoms with Gasteiger partial charge in [-0.1, -0.05) is 157 Å². The van der Waals surface area contributed by atoms with E-state index in [2.05, 4.69) is 41.5 Å². The van der Waals surface area contributed by atoms with Crippen molar-refractivity contribution in [2.75, 3.05) is 39.6 Å². The van der Waals surface area contributed by atoms with Crippen molar-refractivity contribution >= 4 is 35.8 Å². The summed E-state index contributed by atoms with van der Waals surface area (Å²) in [6, 6.07) is 0. The van der Waals surface area contributed by atoms with Gasteiger partial charge >= 0.3 is 35.8 Å². The molecule has 0 fully saturated rings. The van der Waals surface area contributed by atoms with Crippen molar-refractivity contribution in [2.45, 2.75) is 291 Å². The van der Waals surface area contributed by atoms with E-state index in [1.807, 2.05) is 0 Å². The zero-order chi connectivity index (χ0) is 54.1. The van der Waals surface area contributed by atoms with Gasteiger partial charge in [0.05, 0.1) is 52.5 Å². The molecule has 0 rings (SSSR count). The second-order valence-electron chi connectivity index (χ2n) is 21.0. The molecule has 0 saturated carbocycles. The van der Waals surface area contributed by atoms with Crippen LogP contribution in [0.3, 0.4) is 0 Å². The van der Waals surface area contributed by atoms with Crippen LogP contribution in [0.25, 0.3) is 0 Å². The summed E-state index contributed by atoms with van der Waals surface area (Å²) in [5.74, 6) is -2.32. The van der Waals surface area contributed by atoms with Gasteiger partial charge in [-0.25, -0.2) is 4.79 Å². The molecular weight excluding hydrogens is 929 g/mol. The van der Waals surface area contributed by atoms with E-state index >= 15 is 0 Å². The second-order valence-corrected chi connectivity index (χ2v) is 21.0. The first-order valence-corrected chi connectivity index (χ1v) is 30.0. The summed E-state index contributed by atoms with van der Waals surface area (Å²) in [5, 5.41) is 11.5. The Labute approximate surface area is 445 Å². The molecule has 0 aromatic rings. The van der Waals surface area contributed by atoms with Crippen LogP contribution in [0.2, 0.25) is 0 Å². The minimum absolute atomic E-state index is 0.0238. The number of hydrogen-bond acceptors (Lipinski definition) is 13. The molecular formula is C60H110O13. The molecule has 0 aliphatic heterocycles. The number of carbonyl (C=O) groups is 6. The Balaban J connectivity index is 5.11. The third-order valence-electron chi connectivity index (χ3n) is 13.8. The van der Waals surface area contributed by atoms with E-state index in [9.17, 15) is 33.9 Å². The molecule has 0 heterocycles. The van der Waals surface area contributed by atoms with E-state index in [-0.39, 0.29) is 57.5 Å². The number of rotatable bonds is 53. The van der Waals surface area contributed by atoms with Crippen molar-refractivity contribution in [1.82, 2.24) is 0 Å². The SMILES string of the molecule is CCCCCC(CCCCC)CC(=O)OCCCCCOC(=O)CC(O)(CC(=O)OCCCCCOC(=O)CC(CCCCC)CCCCC)C(=O)OCCCCCOC(=O)CC(CCCCC)CCCCC. The van der Waals surface area contributed by atoms with Crippen LogP contribution < -0.4 is 0 Å². The smallest absolute Gasteiger partial charge is 0.339 e. The second kappa shape index (κ2) is 49.6. The first-order valence-electron chi connectivity index (χ1n) is 30.0. The van der Waals surface area contributed by atoms with Crippen molar-refractivity contribution < 1.29 is 62.3 Å². The lowest BCUT2D eigenvalue weighted by Gasteiger charge is -2.24. The van der Waals surface area contributed by atoms with Crippen LogP contribution in [0.4, 0.5) is 0 Å².